The third-order valence-corrected chi connectivity index (χ3v) is 3.97. The summed E-state index contributed by atoms with van der Waals surface area (Å²) in [7, 11) is 0. The van der Waals surface area contributed by atoms with Gasteiger partial charge < -0.3 is 14.0 Å². The molecule has 8 heteroatoms. The van der Waals surface area contributed by atoms with Crippen molar-refractivity contribution in [3.05, 3.63) is 66.9 Å². The van der Waals surface area contributed by atoms with Gasteiger partial charge in [0.1, 0.15) is 6.61 Å². The van der Waals surface area contributed by atoms with E-state index in [2.05, 4.69) is 20.2 Å². The second-order valence-corrected chi connectivity index (χ2v) is 5.68. The van der Waals surface area contributed by atoms with Crippen LogP contribution in [0.5, 0.6) is 11.5 Å². The van der Waals surface area contributed by atoms with Gasteiger partial charge in [0.15, 0.2) is 17.3 Å². The summed E-state index contributed by atoms with van der Waals surface area (Å²) in [5, 5.41) is 8.17. The van der Waals surface area contributed by atoms with Gasteiger partial charge in [-0.1, -0.05) is 17.3 Å². The molecule has 0 N–H and O–H groups in total. The van der Waals surface area contributed by atoms with Crippen molar-refractivity contribution in [3.63, 3.8) is 0 Å². The molecule has 5 rings (SSSR count). The molecule has 4 heterocycles. The lowest BCUT2D eigenvalue weighted by molar-refractivity contribution is 0.0665. The second-order valence-electron chi connectivity index (χ2n) is 5.68. The third kappa shape index (κ3) is 2.57. The molecule has 0 bridgehead atoms. The highest BCUT2D eigenvalue weighted by molar-refractivity contribution is 5.53. The molecule has 4 aromatic rings. The van der Waals surface area contributed by atoms with Crippen LogP contribution in [0.4, 0.5) is 0 Å². The van der Waals surface area contributed by atoms with Crippen molar-refractivity contribution in [3.8, 4) is 28.7 Å². The number of aromatic nitrogens is 5. The average molecular weight is 347 g/mol. The van der Waals surface area contributed by atoms with Gasteiger partial charge in [0.05, 0.1) is 0 Å². The summed E-state index contributed by atoms with van der Waals surface area (Å²) >= 11 is 0. The Labute approximate surface area is 148 Å². The number of para-hydroxylation sites is 2. The molecule has 1 aliphatic heterocycles. The minimum Gasteiger partial charge on any atom is -0.485 e. The van der Waals surface area contributed by atoms with Gasteiger partial charge in [-0.2, -0.15) is 10.1 Å². The second kappa shape index (κ2) is 5.99. The van der Waals surface area contributed by atoms with E-state index >= 15 is 0 Å². The highest BCUT2D eigenvalue weighted by atomic mass is 16.6. The van der Waals surface area contributed by atoms with Crippen molar-refractivity contribution in [2.45, 2.75) is 6.10 Å². The summed E-state index contributed by atoms with van der Waals surface area (Å²) in [6.07, 6.45) is 4.76. The van der Waals surface area contributed by atoms with E-state index in [1.165, 1.54) is 0 Å². The monoisotopic (exact) mass is 347 g/mol. The van der Waals surface area contributed by atoms with E-state index in [4.69, 9.17) is 14.0 Å². The maximum Gasteiger partial charge on any atom is 0.271 e. The van der Waals surface area contributed by atoms with Crippen molar-refractivity contribution in [1.29, 1.82) is 0 Å². The Morgan fingerprint density at radius 3 is 2.77 bits per heavy atom. The van der Waals surface area contributed by atoms with Gasteiger partial charge in [0.25, 0.3) is 5.89 Å². The predicted molar refractivity (Wildman–Crippen MR) is 90.0 cm³/mol. The van der Waals surface area contributed by atoms with Crippen LogP contribution in [0, 0.1) is 0 Å². The molecule has 0 fully saturated rings. The van der Waals surface area contributed by atoms with Crippen LogP contribution in [0.15, 0.2) is 65.6 Å². The van der Waals surface area contributed by atoms with Gasteiger partial charge in [-0.05, 0) is 30.3 Å². The van der Waals surface area contributed by atoms with Crippen LogP contribution in [-0.2, 0) is 0 Å². The van der Waals surface area contributed by atoms with E-state index in [1.54, 1.807) is 17.1 Å². The molecule has 26 heavy (non-hydrogen) atoms. The molecule has 0 radical (unpaired) electrons. The lowest BCUT2D eigenvalue weighted by Gasteiger charge is -2.23. The Balaban J connectivity index is 1.37. The maximum absolute atomic E-state index is 5.89. The first-order chi connectivity index (χ1) is 12.9. The van der Waals surface area contributed by atoms with Gasteiger partial charge in [0, 0.05) is 24.2 Å². The smallest absolute Gasteiger partial charge is 0.271 e. The molecule has 0 amide bonds. The number of pyridine rings is 1. The molecule has 0 aliphatic carbocycles. The van der Waals surface area contributed by atoms with Gasteiger partial charge >= 0.3 is 0 Å². The van der Waals surface area contributed by atoms with Crippen LogP contribution < -0.4 is 9.47 Å². The van der Waals surface area contributed by atoms with Crippen LogP contribution in [0.25, 0.3) is 17.2 Å². The molecule has 0 saturated heterocycles. The van der Waals surface area contributed by atoms with E-state index in [-0.39, 0.29) is 0 Å². The van der Waals surface area contributed by atoms with E-state index in [1.807, 2.05) is 48.7 Å². The van der Waals surface area contributed by atoms with Crippen molar-refractivity contribution >= 4 is 0 Å². The largest absolute Gasteiger partial charge is 0.485 e. The Hall–Kier alpha value is -3.68. The first-order valence-corrected chi connectivity index (χ1v) is 8.05. The molecule has 0 saturated carbocycles. The summed E-state index contributed by atoms with van der Waals surface area (Å²) < 4.78 is 18.6. The fourth-order valence-corrected chi connectivity index (χ4v) is 2.68. The molecule has 0 spiro atoms. The van der Waals surface area contributed by atoms with E-state index in [9.17, 15) is 0 Å². The number of hydrogen-bond acceptors (Lipinski definition) is 7. The highest BCUT2D eigenvalue weighted by Crippen LogP contribution is 2.35. The Bertz CT molecular complexity index is 1030. The van der Waals surface area contributed by atoms with Crippen molar-refractivity contribution in [2.24, 2.45) is 0 Å². The number of fused-ring (bicyclic) bond motifs is 1. The molecule has 1 atom stereocenters. The molecule has 1 aliphatic rings. The minimum absolute atomic E-state index is 0.315. The standard InChI is InChI=1S/C18H13N5O3/c1-2-5-14-13(4-1)24-11-15(25-14)18-21-17(22-26-18)12-6-7-16(19-10-12)23-9-3-8-20-23/h1-10,15H,11H2/t15-/m0/s1. The third-order valence-electron chi connectivity index (χ3n) is 3.97. The molecule has 8 nitrogen and oxygen atoms in total. The van der Waals surface area contributed by atoms with Gasteiger partial charge in [-0.15, -0.1) is 0 Å². The molecule has 128 valence electrons. The highest BCUT2D eigenvalue weighted by Gasteiger charge is 2.27. The Morgan fingerprint density at radius 1 is 1.04 bits per heavy atom. The van der Waals surface area contributed by atoms with E-state index < -0.39 is 6.10 Å². The summed E-state index contributed by atoms with van der Waals surface area (Å²) in [5.74, 6) is 2.89. The summed E-state index contributed by atoms with van der Waals surface area (Å²) in [5.41, 5.74) is 0.744. The predicted octanol–water partition coefficient (Wildman–Crippen LogP) is 2.83. The number of nitrogens with zero attached hydrogens (tertiary/aromatic N) is 5. The fourth-order valence-electron chi connectivity index (χ4n) is 2.68. The number of benzene rings is 1. The topological polar surface area (TPSA) is 88.1 Å². The van der Waals surface area contributed by atoms with Gasteiger partial charge in [-0.3, -0.25) is 0 Å². The van der Waals surface area contributed by atoms with Crippen molar-refractivity contribution in [1.82, 2.24) is 24.9 Å². The number of hydrogen-bond donors (Lipinski definition) is 0. The zero-order valence-corrected chi connectivity index (χ0v) is 13.5. The SMILES string of the molecule is c1ccc2c(c1)OC[C@@H](c1nc(-c3ccc(-n4cccn4)nc3)no1)O2. The van der Waals surface area contributed by atoms with Gasteiger partial charge in [-0.25, -0.2) is 9.67 Å². The van der Waals surface area contributed by atoms with Crippen molar-refractivity contribution in [2.75, 3.05) is 6.61 Å². The lowest BCUT2D eigenvalue weighted by Crippen LogP contribution is -2.21. The number of ether oxygens (including phenoxy) is 2. The quantitative estimate of drug-likeness (QED) is 0.563. The van der Waals surface area contributed by atoms with Crippen LogP contribution in [0.3, 0.4) is 0 Å². The molecule has 1 aromatic carbocycles. The number of rotatable bonds is 3. The normalized spacial score (nSPS) is 15.8. The lowest BCUT2D eigenvalue weighted by atomic mass is 10.2. The summed E-state index contributed by atoms with van der Waals surface area (Å²) in [6, 6.07) is 13.0. The van der Waals surface area contributed by atoms with Crippen LogP contribution >= 0.6 is 0 Å². The van der Waals surface area contributed by atoms with E-state index in [0.29, 0.717) is 35.6 Å². The minimum atomic E-state index is -0.442. The van der Waals surface area contributed by atoms with E-state index in [0.717, 1.165) is 5.56 Å². The zero-order valence-electron chi connectivity index (χ0n) is 13.5. The molecular formula is C18H13N5O3. The summed E-state index contributed by atoms with van der Waals surface area (Å²) in [6.45, 7) is 0.315. The van der Waals surface area contributed by atoms with Crippen LogP contribution in [0.1, 0.15) is 12.0 Å². The molecule has 3 aromatic heterocycles. The Kier molecular flexibility index (Phi) is 3.38. The van der Waals surface area contributed by atoms with Crippen LogP contribution in [-0.4, -0.2) is 31.5 Å². The summed E-state index contributed by atoms with van der Waals surface area (Å²) in [4.78, 5) is 8.80. The van der Waals surface area contributed by atoms with Crippen LogP contribution in [0.2, 0.25) is 0 Å². The van der Waals surface area contributed by atoms with Gasteiger partial charge in [0.2, 0.25) is 11.9 Å². The first-order valence-electron chi connectivity index (χ1n) is 8.05. The zero-order chi connectivity index (χ0) is 17.3. The fraction of sp³-hybridized carbons (Fsp3) is 0.111. The molecular weight excluding hydrogens is 334 g/mol. The maximum atomic E-state index is 5.89. The Morgan fingerprint density at radius 2 is 1.96 bits per heavy atom. The average Bonchev–Trinajstić information content (AvgIpc) is 3.40. The molecule has 0 unspecified atom stereocenters. The first kappa shape index (κ1) is 14.6. The van der Waals surface area contributed by atoms with Crippen molar-refractivity contribution < 1.29 is 14.0 Å².